The Morgan fingerprint density at radius 1 is 1.48 bits per heavy atom. The van der Waals surface area contributed by atoms with Crippen LogP contribution >= 0.6 is 0 Å². The fraction of sp³-hybridized carbons (Fsp3) is 0.533. The van der Waals surface area contributed by atoms with Crippen molar-refractivity contribution >= 4 is 11.9 Å². The molecule has 1 fully saturated rings. The van der Waals surface area contributed by atoms with Crippen LogP contribution in [0.4, 0.5) is 0 Å². The maximum Gasteiger partial charge on any atom is 0.305 e. The highest BCUT2D eigenvalue weighted by Crippen LogP contribution is 2.22. The number of hydrogen-bond donors (Lipinski definition) is 1. The molecular formula is C15H20N2O4. The highest BCUT2D eigenvalue weighted by Gasteiger charge is 2.31. The third-order valence-corrected chi connectivity index (χ3v) is 3.35. The van der Waals surface area contributed by atoms with Crippen LogP contribution < -0.4 is 4.74 Å². The van der Waals surface area contributed by atoms with Crippen LogP contribution in [0.5, 0.6) is 5.88 Å². The second-order valence-corrected chi connectivity index (χ2v) is 5.42. The average Bonchev–Trinajstić information content (AvgIpc) is 2.84. The molecule has 1 aromatic rings. The minimum Gasteiger partial charge on any atom is -0.481 e. The molecule has 0 spiro atoms. The van der Waals surface area contributed by atoms with Gasteiger partial charge in [-0.05, 0) is 32.8 Å². The number of ether oxygens (including phenoxy) is 1. The summed E-state index contributed by atoms with van der Waals surface area (Å²) in [5.74, 6) is -0.706. The van der Waals surface area contributed by atoms with Gasteiger partial charge < -0.3 is 14.7 Å². The second kappa shape index (κ2) is 6.56. The number of aliphatic carboxylic acids is 1. The number of aromatic nitrogens is 1. The maximum atomic E-state index is 12.5. The molecule has 1 atom stereocenters. The van der Waals surface area contributed by atoms with Crippen LogP contribution in [0.3, 0.4) is 0 Å². The van der Waals surface area contributed by atoms with E-state index in [1.54, 1.807) is 23.1 Å². The number of likely N-dealkylation sites (tertiary alicyclic amines) is 1. The lowest BCUT2D eigenvalue weighted by Gasteiger charge is -2.23. The minimum atomic E-state index is -0.885. The van der Waals surface area contributed by atoms with Crippen molar-refractivity contribution < 1.29 is 19.4 Å². The van der Waals surface area contributed by atoms with Crippen molar-refractivity contribution in [3.63, 3.8) is 0 Å². The third kappa shape index (κ3) is 3.93. The molecule has 1 amide bonds. The standard InChI is InChI=1S/C15H20N2O4/c1-10(2)21-13-7-3-6-12(16-13)15(20)17-8-4-5-11(17)9-14(18)19/h3,6-7,10-11H,4-5,8-9H2,1-2H3,(H,18,19)/t11-/m1/s1. The van der Waals surface area contributed by atoms with Gasteiger partial charge in [-0.1, -0.05) is 6.07 Å². The summed E-state index contributed by atoms with van der Waals surface area (Å²) in [6.45, 7) is 4.35. The van der Waals surface area contributed by atoms with Gasteiger partial charge in [0.25, 0.3) is 5.91 Å². The Labute approximate surface area is 123 Å². The van der Waals surface area contributed by atoms with Crippen molar-refractivity contribution in [2.45, 2.75) is 45.3 Å². The molecule has 2 rings (SSSR count). The van der Waals surface area contributed by atoms with Gasteiger partial charge in [0.2, 0.25) is 5.88 Å². The molecule has 2 heterocycles. The highest BCUT2D eigenvalue weighted by atomic mass is 16.5. The molecular weight excluding hydrogens is 272 g/mol. The van der Waals surface area contributed by atoms with E-state index in [1.807, 2.05) is 13.8 Å². The Morgan fingerprint density at radius 2 is 2.24 bits per heavy atom. The first-order chi connectivity index (χ1) is 9.97. The molecule has 1 aromatic heterocycles. The van der Waals surface area contributed by atoms with Crippen LogP contribution in [0.15, 0.2) is 18.2 Å². The molecule has 0 saturated carbocycles. The first kappa shape index (κ1) is 15.3. The molecule has 0 unspecified atom stereocenters. The quantitative estimate of drug-likeness (QED) is 0.897. The molecule has 1 aliphatic rings. The topological polar surface area (TPSA) is 79.7 Å². The zero-order valence-electron chi connectivity index (χ0n) is 12.3. The van der Waals surface area contributed by atoms with Crippen molar-refractivity contribution in [3.8, 4) is 5.88 Å². The van der Waals surface area contributed by atoms with Crippen LogP contribution in [0.2, 0.25) is 0 Å². The van der Waals surface area contributed by atoms with Crippen LogP contribution in [0.1, 0.15) is 43.6 Å². The van der Waals surface area contributed by atoms with Gasteiger partial charge in [0.15, 0.2) is 0 Å². The molecule has 6 heteroatoms. The van der Waals surface area contributed by atoms with Crippen LogP contribution in [0.25, 0.3) is 0 Å². The molecule has 1 N–H and O–H groups in total. The molecule has 0 aliphatic carbocycles. The van der Waals surface area contributed by atoms with Crippen molar-refractivity contribution in [3.05, 3.63) is 23.9 Å². The van der Waals surface area contributed by atoms with Gasteiger partial charge >= 0.3 is 5.97 Å². The van der Waals surface area contributed by atoms with E-state index in [4.69, 9.17) is 9.84 Å². The minimum absolute atomic E-state index is 0.0191. The number of carboxylic acid groups (broad SMARTS) is 1. The zero-order valence-corrected chi connectivity index (χ0v) is 12.3. The van der Waals surface area contributed by atoms with Crippen molar-refractivity contribution in [2.75, 3.05) is 6.54 Å². The van der Waals surface area contributed by atoms with Gasteiger partial charge in [-0.25, -0.2) is 4.98 Å². The number of nitrogens with zero attached hydrogens (tertiary/aromatic N) is 2. The van der Waals surface area contributed by atoms with Gasteiger partial charge in [0.1, 0.15) is 5.69 Å². The highest BCUT2D eigenvalue weighted by molar-refractivity contribution is 5.93. The van der Waals surface area contributed by atoms with E-state index in [0.29, 0.717) is 18.1 Å². The summed E-state index contributed by atoms with van der Waals surface area (Å²) in [7, 11) is 0. The van der Waals surface area contributed by atoms with Crippen molar-refractivity contribution in [1.29, 1.82) is 0 Å². The number of amides is 1. The Morgan fingerprint density at radius 3 is 2.90 bits per heavy atom. The molecule has 1 aliphatic heterocycles. The number of carbonyl (C=O) groups is 2. The van der Waals surface area contributed by atoms with E-state index >= 15 is 0 Å². The van der Waals surface area contributed by atoms with E-state index in [2.05, 4.69) is 4.98 Å². The number of carboxylic acids is 1. The van der Waals surface area contributed by atoms with Crippen molar-refractivity contribution in [1.82, 2.24) is 9.88 Å². The molecule has 114 valence electrons. The van der Waals surface area contributed by atoms with E-state index in [1.165, 1.54) is 0 Å². The van der Waals surface area contributed by atoms with Crippen LogP contribution in [-0.2, 0) is 4.79 Å². The van der Waals surface area contributed by atoms with Gasteiger partial charge in [0.05, 0.1) is 12.5 Å². The first-order valence-electron chi connectivity index (χ1n) is 7.14. The number of carbonyl (C=O) groups excluding carboxylic acids is 1. The monoisotopic (exact) mass is 292 g/mol. The summed E-state index contributed by atoms with van der Waals surface area (Å²) in [6.07, 6.45) is 1.51. The van der Waals surface area contributed by atoms with E-state index in [0.717, 1.165) is 12.8 Å². The summed E-state index contributed by atoms with van der Waals surface area (Å²) < 4.78 is 5.48. The average molecular weight is 292 g/mol. The zero-order chi connectivity index (χ0) is 15.4. The number of hydrogen-bond acceptors (Lipinski definition) is 4. The summed E-state index contributed by atoms with van der Waals surface area (Å²) in [4.78, 5) is 29.2. The number of pyridine rings is 1. The summed E-state index contributed by atoms with van der Waals surface area (Å²) in [6, 6.07) is 4.81. The summed E-state index contributed by atoms with van der Waals surface area (Å²) >= 11 is 0. The number of rotatable bonds is 5. The molecule has 0 aromatic carbocycles. The fourth-order valence-electron chi connectivity index (χ4n) is 2.51. The lowest BCUT2D eigenvalue weighted by molar-refractivity contribution is -0.137. The van der Waals surface area contributed by atoms with E-state index < -0.39 is 5.97 Å². The Balaban J connectivity index is 2.13. The van der Waals surface area contributed by atoms with Crippen LogP contribution in [-0.4, -0.2) is 45.6 Å². The first-order valence-corrected chi connectivity index (χ1v) is 7.14. The third-order valence-electron chi connectivity index (χ3n) is 3.35. The predicted octanol–water partition coefficient (Wildman–Crippen LogP) is 1.95. The van der Waals surface area contributed by atoms with Gasteiger partial charge in [-0.15, -0.1) is 0 Å². The normalized spacial score (nSPS) is 18.0. The maximum absolute atomic E-state index is 12.5. The Bertz CT molecular complexity index is 530. The SMILES string of the molecule is CC(C)Oc1cccc(C(=O)N2CCC[C@@H]2CC(=O)O)n1. The second-order valence-electron chi connectivity index (χ2n) is 5.42. The Kier molecular flexibility index (Phi) is 4.77. The predicted molar refractivity (Wildman–Crippen MR) is 76.3 cm³/mol. The smallest absolute Gasteiger partial charge is 0.305 e. The van der Waals surface area contributed by atoms with Crippen molar-refractivity contribution in [2.24, 2.45) is 0 Å². The largest absolute Gasteiger partial charge is 0.481 e. The lowest BCUT2D eigenvalue weighted by Crippen LogP contribution is -2.37. The molecule has 0 bridgehead atoms. The summed E-state index contributed by atoms with van der Waals surface area (Å²) in [5, 5.41) is 8.91. The molecule has 0 radical (unpaired) electrons. The van der Waals surface area contributed by atoms with Gasteiger partial charge in [-0.3, -0.25) is 9.59 Å². The van der Waals surface area contributed by atoms with Crippen LogP contribution in [0, 0.1) is 0 Å². The van der Waals surface area contributed by atoms with E-state index in [9.17, 15) is 9.59 Å². The lowest BCUT2D eigenvalue weighted by atomic mass is 10.1. The molecule has 1 saturated heterocycles. The molecule has 21 heavy (non-hydrogen) atoms. The Hall–Kier alpha value is -2.11. The van der Waals surface area contributed by atoms with Gasteiger partial charge in [-0.2, -0.15) is 0 Å². The fourth-order valence-corrected chi connectivity index (χ4v) is 2.51. The molecule has 6 nitrogen and oxygen atoms in total. The van der Waals surface area contributed by atoms with Gasteiger partial charge in [0, 0.05) is 18.7 Å². The van der Waals surface area contributed by atoms with E-state index in [-0.39, 0.29) is 24.5 Å². The summed E-state index contributed by atoms with van der Waals surface area (Å²) in [5.41, 5.74) is 0.297.